The van der Waals surface area contributed by atoms with Gasteiger partial charge in [-0.2, -0.15) is 5.10 Å². The van der Waals surface area contributed by atoms with Gasteiger partial charge in [-0.15, -0.1) is 0 Å². The number of nitrogens with zero attached hydrogens (tertiary/aromatic N) is 1. The number of halogens is 1. The number of urea groups is 1. The van der Waals surface area contributed by atoms with E-state index in [9.17, 15) is 9.18 Å². The van der Waals surface area contributed by atoms with Gasteiger partial charge in [-0.05, 0) is 53.6 Å². The molecule has 0 aliphatic rings. The van der Waals surface area contributed by atoms with Gasteiger partial charge in [-0.1, -0.05) is 18.2 Å². The third-order valence-corrected chi connectivity index (χ3v) is 4.58. The molecule has 158 valence electrons. The van der Waals surface area contributed by atoms with Crippen molar-refractivity contribution >= 4 is 34.1 Å². The van der Waals surface area contributed by atoms with Crippen molar-refractivity contribution in [2.45, 2.75) is 0 Å². The second-order valence-electron chi connectivity index (χ2n) is 6.69. The summed E-state index contributed by atoms with van der Waals surface area (Å²) < 4.78 is 23.8. The van der Waals surface area contributed by atoms with Crippen molar-refractivity contribution in [1.29, 1.82) is 0 Å². The first-order chi connectivity index (χ1) is 15.0. The molecule has 8 nitrogen and oxygen atoms in total. The molecule has 31 heavy (non-hydrogen) atoms. The van der Waals surface area contributed by atoms with Gasteiger partial charge in [0.05, 0.1) is 5.39 Å². The van der Waals surface area contributed by atoms with E-state index in [-0.39, 0.29) is 6.79 Å². The average Bonchev–Trinajstić information content (AvgIpc) is 3.15. The number of H-pyrrole nitrogens is 1. The van der Waals surface area contributed by atoms with Crippen LogP contribution < -0.4 is 21.1 Å². The summed E-state index contributed by atoms with van der Waals surface area (Å²) in [5.74, 6) is 0.507. The van der Waals surface area contributed by atoms with E-state index in [1.54, 1.807) is 25.3 Å². The van der Waals surface area contributed by atoms with E-state index in [2.05, 4.69) is 20.8 Å². The number of carbonyl (C=O) groups excluding carboxylic acids is 1. The van der Waals surface area contributed by atoms with Crippen LogP contribution in [0.2, 0.25) is 0 Å². The molecule has 0 unspecified atom stereocenters. The molecule has 5 N–H and O–H groups in total. The van der Waals surface area contributed by atoms with E-state index in [1.165, 1.54) is 18.2 Å². The molecule has 1 aromatic heterocycles. The highest BCUT2D eigenvalue weighted by Gasteiger charge is 2.15. The lowest BCUT2D eigenvalue weighted by atomic mass is 10.0. The van der Waals surface area contributed by atoms with Crippen LogP contribution in [0.4, 0.5) is 26.4 Å². The predicted octanol–water partition coefficient (Wildman–Crippen LogP) is 4.58. The van der Waals surface area contributed by atoms with E-state index in [1.807, 2.05) is 24.3 Å². The largest absolute Gasteiger partial charge is 0.465 e. The van der Waals surface area contributed by atoms with Gasteiger partial charge in [-0.25, -0.2) is 9.18 Å². The molecule has 0 aliphatic heterocycles. The van der Waals surface area contributed by atoms with Crippen molar-refractivity contribution in [2.75, 3.05) is 30.3 Å². The summed E-state index contributed by atoms with van der Waals surface area (Å²) in [5, 5.41) is 13.0. The lowest BCUT2D eigenvalue weighted by molar-refractivity contribution is 0.0521. The first-order valence-corrected chi connectivity index (χ1v) is 9.37. The van der Waals surface area contributed by atoms with Crippen molar-refractivity contribution in [2.24, 2.45) is 0 Å². The summed E-state index contributed by atoms with van der Waals surface area (Å²) in [5.41, 5.74) is 9.43. The van der Waals surface area contributed by atoms with Gasteiger partial charge in [0, 0.05) is 18.5 Å². The number of aromatic amines is 1. The van der Waals surface area contributed by atoms with Crippen LogP contribution >= 0.6 is 0 Å². The van der Waals surface area contributed by atoms with E-state index >= 15 is 0 Å². The van der Waals surface area contributed by atoms with Gasteiger partial charge in [0.2, 0.25) is 0 Å². The molecule has 0 fully saturated rings. The highest BCUT2D eigenvalue weighted by Crippen LogP contribution is 2.36. The fraction of sp³-hybridized carbons (Fsp3) is 0.0909. The lowest BCUT2D eigenvalue weighted by Crippen LogP contribution is -2.19. The minimum absolute atomic E-state index is 0.103. The summed E-state index contributed by atoms with van der Waals surface area (Å²) in [6.45, 7) is 0.103. The topological polar surface area (TPSA) is 114 Å². The molecule has 9 heteroatoms. The predicted molar refractivity (Wildman–Crippen MR) is 117 cm³/mol. The number of amides is 2. The summed E-state index contributed by atoms with van der Waals surface area (Å²) in [6, 6.07) is 16.1. The highest BCUT2D eigenvalue weighted by atomic mass is 19.1. The van der Waals surface area contributed by atoms with Gasteiger partial charge in [0.1, 0.15) is 17.1 Å². The number of hydrogen-bond acceptors (Lipinski definition) is 5. The van der Waals surface area contributed by atoms with Crippen LogP contribution in [0.25, 0.3) is 22.0 Å². The van der Waals surface area contributed by atoms with Gasteiger partial charge >= 0.3 is 6.03 Å². The second kappa shape index (κ2) is 8.72. The maximum atomic E-state index is 13.3. The van der Waals surface area contributed by atoms with E-state index in [4.69, 9.17) is 15.2 Å². The number of carbonyl (C=O) groups is 1. The Morgan fingerprint density at radius 1 is 1.10 bits per heavy atom. The molecule has 0 saturated carbocycles. The Labute approximate surface area is 177 Å². The number of hydrogen-bond donors (Lipinski definition) is 4. The number of anilines is 3. The second-order valence-corrected chi connectivity index (χ2v) is 6.69. The van der Waals surface area contributed by atoms with Crippen molar-refractivity contribution in [3.8, 4) is 16.9 Å². The number of nitrogens with two attached hydrogens (primary N) is 1. The average molecular weight is 421 g/mol. The lowest BCUT2D eigenvalue weighted by Gasteiger charge is -2.11. The Morgan fingerprint density at radius 2 is 1.87 bits per heavy atom. The van der Waals surface area contributed by atoms with Crippen molar-refractivity contribution < 1.29 is 18.7 Å². The molecule has 0 bridgehead atoms. The van der Waals surface area contributed by atoms with Crippen LogP contribution in [-0.2, 0) is 4.74 Å². The molecule has 0 aliphatic carbocycles. The minimum Gasteiger partial charge on any atom is -0.465 e. The minimum atomic E-state index is -0.473. The fourth-order valence-corrected chi connectivity index (χ4v) is 3.21. The van der Waals surface area contributed by atoms with Gasteiger partial charge in [0.15, 0.2) is 12.6 Å². The Hall–Kier alpha value is -4.11. The van der Waals surface area contributed by atoms with Crippen LogP contribution in [0.5, 0.6) is 5.75 Å². The molecular weight excluding hydrogens is 401 g/mol. The zero-order valence-corrected chi connectivity index (χ0v) is 16.6. The van der Waals surface area contributed by atoms with E-state index in [0.29, 0.717) is 28.5 Å². The Bertz CT molecular complexity index is 1220. The number of nitrogens with one attached hydrogen (secondary N) is 3. The molecule has 1 heterocycles. The molecule has 0 spiro atoms. The highest BCUT2D eigenvalue weighted by molar-refractivity contribution is 6.04. The first kappa shape index (κ1) is 20.2. The van der Waals surface area contributed by atoms with Crippen LogP contribution in [0.1, 0.15) is 0 Å². The van der Waals surface area contributed by atoms with E-state index < -0.39 is 11.8 Å². The number of aromatic nitrogens is 2. The smallest absolute Gasteiger partial charge is 0.323 e. The van der Waals surface area contributed by atoms with Gasteiger partial charge in [-0.3, -0.25) is 5.10 Å². The number of benzene rings is 3. The zero-order valence-electron chi connectivity index (χ0n) is 16.6. The molecule has 4 aromatic rings. The monoisotopic (exact) mass is 421 g/mol. The Morgan fingerprint density at radius 3 is 2.61 bits per heavy atom. The van der Waals surface area contributed by atoms with Crippen LogP contribution in [0, 0.1) is 5.82 Å². The Kier molecular flexibility index (Phi) is 5.67. The van der Waals surface area contributed by atoms with Gasteiger partial charge in [0.25, 0.3) is 0 Å². The molecule has 0 saturated heterocycles. The number of fused-ring (bicyclic) bond motifs is 1. The normalized spacial score (nSPS) is 10.8. The summed E-state index contributed by atoms with van der Waals surface area (Å²) in [4.78, 5) is 12.2. The summed E-state index contributed by atoms with van der Waals surface area (Å²) in [6.07, 6.45) is 0. The third-order valence-electron chi connectivity index (χ3n) is 4.58. The maximum Gasteiger partial charge on any atom is 0.323 e. The van der Waals surface area contributed by atoms with Crippen LogP contribution in [-0.4, -0.2) is 30.1 Å². The molecule has 4 rings (SSSR count). The summed E-state index contributed by atoms with van der Waals surface area (Å²) >= 11 is 0. The Balaban J connectivity index is 1.53. The quantitative estimate of drug-likeness (QED) is 0.340. The van der Waals surface area contributed by atoms with Gasteiger partial charge < -0.3 is 25.8 Å². The molecular formula is C22H20FN5O3. The third kappa shape index (κ3) is 4.41. The van der Waals surface area contributed by atoms with E-state index in [0.717, 1.165) is 16.5 Å². The fourth-order valence-electron chi connectivity index (χ4n) is 3.21. The number of rotatable bonds is 6. The number of methoxy groups -OCH3 is 1. The van der Waals surface area contributed by atoms with Crippen LogP contribution in [0.3, 0.4) is 0 Å². The maximum absolute atomic E-state index is 13.3. The zero-order chi connectivity index (χ0) is 21.8. The molecule has 0 atom stereocenters. The standard InChI is InChI=1S/C22H20FN5O3/c1-30-12-31-18-10-9-17(19-20(18)27-28-21(19)24)13-5-7-15(8-6-13)25-22(29)26-16-4-2-3-14(23)11-16/h2-11H,12H2,1H3,(H3,24,27,28)(H2,25,26,29). The van der Waals surface area contributed by atoms with Crippen molar-refractivity contribution in [1.82, 2.24) is 10.2 Å². The van der Waals surface area contributed by atoms with Crippen molar-refractivity contribution in [3.05, 3.63) is 66.5 Å². The number of ether oxygens (including phenoxy) is 2. The van der Waals surface area contributed by atoms with Crippen LogP contribution in [0.15, 0.2) is 60.7 Å². The first-order valence-electron chi connectivity index (χ1n) is 9.37. The SMILES string of the molecule is COCOc1ccc(-c2ccc(NC(=O)Nc3cccc(F)c3)cc2)c2c(N)n[nH]c12. The molecule has 0 radical (unpaired) electrons. The molecule has 3 aromatic carbocycles. The van der Waals surface area contributed by atoms with Crippen molar-refractivity contribution in [3.63, 3.8) is 0 Å². The number of nitrogen functional groups attached to an aromatic ring is 1. The summed E-state index contributed by atoms with van der Waals surface area (Å²) in [7, 11) is 1.54. The molecule has 2 amide bonds.